The first-order chi connectivity index (χ1) is 24.8. The predicted octanol–water partition coefficient (Wildman–Crippen LogP) is 1.71. The monoisotopic (exact) mass is 731 g/mol. The number of fused-ring (bicyclic) bond motifs is 3. The lowest BCUT2D eigenvalue weighted by Crippen LogP contribution is -2.74. The zero-order valence-corrected chi connectivity index (χ0v) is 30.8. The molecule has 286 valence electrons. The molecule has 15 heteroatoms. The number of rotatable bonds is 12. The maximum absolute atomic E-state index is 14.0. The Morgan fingerprint density at radius 3 is 2.12 bits per heavy atom. The third-order valence-corrected chi connectivity index (χ3v) is 13.4. The SMILES string of the molecule is COC[C@]1(C=O)[C@H]2[C@@H](OC)[C@H]3[C@@H](N4OC4C)[C@]2([C@@H](OC)C[C@H]1OC(C)=O)[C@@H]1C[C@]2(O)[C@@H](OC)C[C@@]3(OC(C)=O)[C@H]1[C@H]2OC(=O)c1ccc(OC)cc1. The summed E-state index contributed by atoms with van der Waals surface area (Å²) in [4.78, 5) is 60.0. The van der Waals surface area contributed by atoms with Gasteiger partial charge in [0.1, 0.15) is 35.4 Å². The average molecular weight is 732 g/mol. The second kappa shape index (κ2) is 13.0. The van der Waals surface area contributed by atoms with Crippen LogP contribution < -0.4 is 4.74 Å². The summed E-state index contributed by atoms with van der Waals surface area (Å²) < 4.78 is 49.0. The number of benzene rings is 1. The van der Waals surface area contributed by atoms with Crippen molar-refractivity contribution in [3.63, 3.8) is 0 Å². The molecule has 16 atom stereocenters. The number of aliphatic hydroxyl groups is 1. The van der Waals surface area contributed by atoms with E-state index in [4.69, 9.17) is 42.7 Å². The van der Waals surface area contributed by atoms with Crippen LogP contribution in [0.2, 0.25) is 0 Å². The van der Waals surface area contributed by atoms with E-state index < -0.39 is 100 Å². The molecule has 1 N–H and O–H groups in total. The molecule has 6 fully saturated rings. The molecule has 15 nitrogen and oxygen atoms in total. The van der Waals surface area contributed by atoms with E-state index in [-0.39, 0.29) is 37.7 Å². The second-order valence-corrected chi connectivity index (χ2v) is 15.3. The Hall–Kier alpha value is -3.18. The van der Waals surface area contributed by atoms with Gasteiger partial charge in [-0.1, -0.05) is 0 Å². The van der Waals surface area contributed by atoms with Crippen LogP contribution in [0.15, 0.2) is 24.3 Å². The quantitative estimate of drug-likeness (QED) is 0.142. The Morgan fingerprint density at radius 1 is 0.923 bits per heavy atom. The molecule has 1 heterocycles. The van der Waals surface area contributed by atoms with Crippen LogP contribution in [0.25, 0.3) is 0 Å². The molecule has 5 aliphatic carbocycles. The molecule has 0 aromatic heterocycles. The molecule has 1 saturated heterocycles. The largest absolute Gasteiger partial charge is 0.497 e. The molecule has 5 saturated carbocycles. The van der Waals surface area contributed by atoms with Gasteiger partial charge >= 0.3 is 17.9 Å². The predicted molar refractivity (Wildman–Crippen MR) is 176 cm³/mol. The molecule has 1 aliphatic heterocycles. The molecule has 0 radical (unpaired) electrons. The van der Waals surface area contributed by atoms with Crippen molar-refractivity contribution in [1.82, 2.24) is 5.06 Å². The molecular formula is C37H49NO14. The Balaban J connectivity index is 1.50. The molecule has 6 aliphatic rings. The van der Waals surface area contributed by atoms with E-state index in [9.17, 15) is 24.3 Å². The topological polar surface area (TPSA) is 178 Å². The van der Waals surface area contributed by atoms with E-state index in [0.29, 0.717) is 5.75 Å². The lowest BCUT2D eigenvalue weighted by molar-refractivity contribution is -0.278. The van der Waals surface area contributed by atoms with Crippen molar-refractivity contribution in [2.75, 3.05) is 42.2 Å². The van der Waals surface area contributed by atoms with E-state index in [1.165, 1.54) is 42.3 Å². The van der Waals surface area contributed by atoms with Crippen LogP contribution in [0, 0.1) is 34.5 Å². The van der Waals surface area contributed by atoms with Gasteiger partial charge in [0.2, 0.25) is 0 Å². The number of esters is 3. The first kappa shape index (κ1) is 37.1. The Morgan fingerprint density at radius 2 is 1.60 bits per heavy atom. The number of nitrogens with zero attached hydrogens (tertiary/aromatic N) is 1. The van der Waals surface area contributed by atoms with Gasteiger partial charge in [0.15, 0.2) is 6.23 Å². The van der Waals surface area contributed by atoms with Gasteiger partial charge in [-0.3, -0.25) is 14.4 Å². The second-order valence-electron chi connectivity index (χ2n) is 15.3. The summed E-state index contributed by atoms with van der Waals surface area (Å²) in [6.45, 7) is 4.36. The van der Waals surface area contributed by atoms with Crippen molar-refractivity contribution >= 4 is 24.2 Å². The van der Waals surface area contributed by atoms with Gasteiger partial charge in [-0.15, -0.1) is 0 Å². The van der Waals surface area contributed by atoms with E-state index in [0.717, 1.165) is 6.29 Å². The van der Waals surface area contributed by atoms with Crippen molar-refractivity contribution < 1.29 is 67.0 Å². The normalized spacial score (nSPS) is 46.5. The molecular weight excluding hydrogens is 682 g/mol. The van der Waals surface area contributed by atoms with Crippen LogP contribution in [-0.4, -0.2) is 131 Å². The first-order valence-electron chi connectivity index (χ1n) is 17.7. The van der Waals surface area contributed by atoms with Gasteiger partial charge < -0.3 is 47.8 Å². The molecule has 1 spiro atoms. The van der Waals surface area contributed by atoms with Gasteiger partial charge in [0.05, 0.1) is 49.0 Å². The Kier molecular flexibility index (Phi) is 9.28. The van der Waals surface area contributed by atoms with Gasteiger partial charge in [-0.25, -0.2) is 4.79 Å². The summed E-state index contributed by atoms with van der Waals surface area (Å²) in [5, 5.41) is 14.8. The van der Waals surface area contributed by atoms with Gasteiger partial charge in [0, 0.05) is 78.3 Å². The molecule has 52 heavy (non-hydrogen) atoms. The summed E-state index contributed by atoms with van der Waals surface area (Å²) in [5.41, 5.74) is -5.58. The third-order valence-electron chi connectivity index (χ3n) is 13.4. The average Bonchev–Trinajstić information content (AvgIpc) is 3.68. The number of hydroxylamine groups is 2. The Bertz CT molecular complexity index is 1590. The molecule has 4 bridgehead atoms. The van der Waals surface area contributed by atoms with E-state index >= 15 is 0 Å². The fourth-order valence-corrected chi connectivity index (χ4v) is 12.1. The van der Waals surface area contributed by atoms with Crippen molar-refractivity contribution in [2.45, 2.75) is 94.0 Å². The standard InChI is InChI=1S/C37H49NO14/c1-18-38(52-18)31-28-29(48-8)30-34(16-39,17-44-4)24(49-19(2)40)13-25(46-6)37(30,31)23-14-35(43)26(47-7)15-36(28,51-20(3)41)27(23)32(35)50-33(42)21-9-11-22(45-5)12-10-21/h9-12,16,18,23-32,43H,13-15,17H2,1-8H3/t18?,23-,24-,25+,26+,27-,28+,29+,30-,31-,32-,34+,35+,36-,37+,38?/m1/s1. The fraction of sp³-hybridized carbons (Fsp3) is 0.730. The maximum Gasteiger partial charge on any atom is 0.338 e. The van der Waals surface area contributed by atoms with Gasteiger partial charge in [0.25, 0.3) is 0 Å². The number of hydrogen-bond acceptors (Lipinski definition) is 15. The van der Waals surface area contributed by atoms with Crippen molar-refractivity contribution in [3.8, 4) is 5.75 Å². The summed E-state index contributed by atoms with van der Waals surface area (Å²) in [6.07, 6.45) is -4.11. The van der Waals surface area contributed by atoms with Crippen molar-refractivity contribution in [3.05, 3.63) is 29.8 Å². The smallest absolute Gasteiger partial charge is 0.338 e. The van der Waals surface area contributed by atoms with Crippen LogP contribution in [0.3, 0.4) is 0 Å². The van der Waals surface area contributed by atoms with Crippen molar-refractivity contribution in [2.24, 2.45) is 34.5 Å². The highest BCUT2D eigenvalue weighted by molar-refractivity contribution is 5.89. The highest BCUT2D eigenvalue weighted by Gasteiger charge is 2.90. The highest BCUT2D eigenvalue weighted by Crippen LogP contribution is 2.79. The van der Waals surface area contributed by atoms with Crippen molar-refractivity contribution in [1.29, 1.82) is 0 Å². The molecule has 0 amide bonds. The van der Waals surface area contributed by atoms with Crippen LogP contribution in [0.4, 0.5) is 0 Å². The Labute approximate surface area is 302 Å². The number of carbonyl (C=O) groups is 4. The minimum atomic E-state index is -1.76. The lowest BCUT2D eigenvalue weighted by atomic mass is 9.44. The summed E-state index contributed by atoms with van der Waals surface area (Å²) in [7, 11) is 7.56. The number of aldehydes is 1. The number of hydrogen-bond donors (Lipinski definition) is 1. The highest BCUT2D eigenvalue weighted by atomic mass is 16.8. The van der Waals surface area contributed by atoms with E-state index in [2.05, 4.69) is 0 Å². The summed E-state index contributed by atoms with van der Waals surface area (Å²) >= 11 is 0. The summed E-state index contributed by atoms with van der Waals surface area (Å²) in [5.74, 6) is -4.32. The molecule has 2 unspecified atom stereocenters. The zero-order valence-electron chi connectivity index (χ0n) is 30.8. The number of carbonyl (C=O) groups excluding carboxylic acids is 4. The first-order valence-corrected chi connectivity index (χ1v) is 17.7. The number of ether oxygens (including phenoxy) is 8. The lowest BCUT2D eigenvalue weighted by Gasteiger charge is -2.64. The van der Waals surface area contributed by atoms with E-state index in [1.807, 2.05) is 12.0 Å². The van der Waals surface area contributed by atoms with Crippen LogP contribution in [-0.2, 0) is 52.4 Å². The molecule has 7 rings (SSSR count). The number of methoxy groups -OCH3 is 5. The maximum atomic E-state index is 14.0. The van der Waals surface area contributed by atoms with Crippen LogP contribution in [0.1, 0.15) is 50.4 Å². The van der Waals surface area contributed by atoms with Crippen LogP contribution in [0.5, 0.6) is 5.75 Å². The fourth-order valence-electron chi connectivity index (χ4n) is 12.1. The molecule has 1 aromatic carbocycles. The molecule has 1 aromatic rings. The van der Waals surface area contributed by atoms with E-state index in [1.54, 1.807) is 31.4 Å². The zero-order chi connectivity index (χ0) is 37.5. The minimum Gasteiger partial charge on any atom is -0.497 e. The third kappa shape index (κ3) is 4.82. The van der Waals surface area contributed by atoms with Crippen LogP contribution >= 0.6 is 0 Å². The minimum absolute atomic E-state index is 0.0259. The van der Waals surface area contributed by atoms with Gasteiger partial charge in [-0.05, 0) is 43.5 Å². The van der Waals surface area contributed by atoms with Gasteiger partial charge in [-0.2, -0.15) is 5.06 Å². The summed E-state index contributed by atoms with van der Waals surface area (Å²) in [6, 6.07) is 5.81.